The fourth-order valence-corrected chi connectivity index (χ4v) is 4.36. The van der Waals surface area contributed by atoms with Crippen molar-refractivity contribution in [3.05, 3.63) is 41.7 Å². The van der Waals surface area contributed by atoms with Gasteiger partial charge in [0.1, 0.15) is 0 Å². The monoisotopic (exact) mass is 330 g/mol. The van der Waals surface area contributed by atoms with Crippen molar-refractivity contribution in [3.8, 4) is 0 Å². The van der Waals surface area contributed by atoms with E-state index in [4.69, 9.17) is 4.74 Å². The molecule has 122 valence electrons. The summed E-state index contributed by atoms with van der Waals surface area (Å²) in [7, 11) is 0. The third-order valence-corrected chi connectivity index (χ3v) is 5.52. The Morgan fingerprint density at radius 1 is 1.26 bits per heavy atom. The van der Waals surface area contributed by atoms with Gasteiger partial charge in [-0.2, -0.15) is 0 Å². The normalized spacial score (nSPS) is 25.8. The molecule has 1 spiro atoms. The molecule has 1 unspecified atom stereocenters. The van der Waals surface area contributed by atoms with Crippen molar-refractivity contribution in [2.75, 3.05) is 37.7 Å². The van der Waals surface area contributed by atoms with Crippen LogP contribution in [-0.2, 0) is 11.3 Å². The molecule has 0 N–H and O–H groups in total. The van der Waals surface area contributed by atoms with Gasteiger partial charge >= 0.3 is 0 Å². The number of rotatable bonds is 3. The highest BCUT2D eigenvalue weighted by Crippen LogP contribution is 2.32. The zero-order valence-corrected chi connectivity index (χ0v) is 14.0. The van der Waals surface area contributed by atoms with Crippen LogP contribution < -0.4 is 4.90 Å². The number of ether oxygens (including phenoxy) is 1. The van der Waals surface area contributed by atoms with Crippen LogP contribution in [0.15, 0.2) is 36.1 Å². The highest BCUT2D eigenvalue weighted by atomic mass is 32.1. The molecule has 0 saturated carbocycles. The molecule has 2 aliphatic rings. The Hall–Kier alpha value is -1.50. The highest BCUT2D eigenvalue weighted by Gasteiger charge is 2.41. The Labute approximate surface area is 140 Å². The van der Waals surface area contributed by atoms with E-state index in [1.54, 1.807) is 11.3 Å². The summed E-state index contributed by atoms with van der Waals surface area (Å²) in [6, 6.07) is 4.16. The molecule has 6 heteroatoms. The lowest BCUT2D eigenvalue weighted by Gasteiger charge is -2.48. The van der Waals surface area contributed by atoms with E-state index < -0.39 is 0 Å². The van der Waals surface area contributed by atoms with Gasteiger partial charge in [-0.25, -0.2) is 4.98 Å². The SMILES string of the molecule is c1cncc(CN2CCOC3(CCCN(c4nccs4)C3)C2)c1. The minimum Gasteiger partial charge on any atom is -0.370 e. The number of piperidine rings is 1. The van der Waals surface area contributed by atoms with Gasteiger partial charge in [-0.1, -0.05) is 6.07 Å². The van der Waals surface area contributed by atoms with E-state index in [0.717, 1.165) is 50.9 Å². The molecule has 0 bridgehead atoms. The molecular formula is C17H22N4OS. The summed E-state index contributed by atoms with van der Waals surface area (Å²) in [4.78, 5) is 13.6. The quantitative estimate of drug-likeness (QED) is 0.864. The van der Waals surface area contributed by atoms with Gasteiger partial charge in [0.05, 0.1) is 18.8 Å². The van der Waals surface area contributed by atoms with E-state index in [0.29, 0.717) is 0 Å². The van der Waals surface area contributed by atoms with Crippen LogP contribution >= 0.6 is 11.3 Å². The Kier molecular flexibility index (Phi) is 4.29. The second-order valence-corrected chi connectivity index (χ2v) is 7.32. The van der Waals surface area contributed by atoms with Gasteiger partial charge in [0.25, 0.3) is 0 Å². The third-order valence-electron chi connectivity index (χ3n) is 4.69. The van der Waals surface area contributed by atoms with Crippen LogP contribution in [0.4, 0.5) is 5.13 Å². The molecule has 2 aliphatic heterocycles. The van der Waals surface area contributed by atoms with Gasteiger partial charge in [-0.3, -0.25) is 9.88 Å². The maximum Gasteiger partial charge on any atom is 0.185 e. The molecular weight excluding hydrogens is 308 g/mol. The van der Waals surface area contributed by atoms with Crippen molar-refractivity contribution in [2.24, 2.45) is 0 Å². The fraction of sp³-hybridized carbons (Fsp3) is 0.529. The Morgan fingerprint density at radius 2 is 2.26 bits per heavy atom. The molecule has 4 rings (SSSR count). The molecule has 2 aromatic heterocycles. The van der Waals surface area contributed by atoms with Crippen molar-refractivity contribution in [1.29, 1.82) is 0 Å². The number of anilines is 1. The summed E-state index contributed by atoms with van der Waals surface area (Å²) in [5.74, 6) is 0. The van der Waals surface area contributed by atoms with Crippen molar-refractivity contribution in [1.82, 2.24) is 14.9 Å². The summed E-state index contributed by atoms with van der Waals surface area (Å²) in [5, 5.41) is 3.17. The van der Waals surface area contributed by atoms with Gasteiger partial charge in [-0.15, -0.1) is 11.3 Å². The molecule has 5 nitrogen and oxygen atoms in total. The van der Waals surface area contributed by atoms with E-state index in [9.17, 15) is 0 Å². The number of nitrogens with zero attached hydrogens (tertiary/aromatic N) is 4. The lowest BCUT2D eigenvalue weighted by molar-refractivity contribution is -0.116. The zero-order chi connectivity index (χ0) is 15.5. The maximum absolute atomic E-state index is 6.28. The predicted molar refractivity (Wildman–Crippen MR) is 91.8 cm³/mol. The first kappa shape index (κ1) is 15.1. The van der Waals surface area contributed by atoms with Crippen molar-refractivity contribution >= 4 is 16.5 Å². The van der Waals surface area contributed by atoms with E-state index >= 15 is 0 Å². The van der Waals surface area contributed by atoms with Gasteiger partial charge in [0, 0.05) is 50.1 Å². The van der Waals surface area contributed by atoms with Gasteiger partial charge in [0.15, 0.2) is 5.13 Å². The average molecular weight is 330 g/mol. The van der Waals surface area contributed by atoms with Crippen molar-refractivity contribution < 1.29 is 4.74 Å². The number of hydrogen-bond acceptors (Lipinski definition) is 6. The van der Waals surface area contributed by atoms with Crippen LogP contribution in [0.1, 0.15) is 18.4 Å². The molecule has 2 aromatic rings. The third kappa shape index (κ3) is 3.39. The fourth-order valence-electron chi connectivity index (χ4n) is 3.69. The zero-order valence-electron chi connectivity index (χ0n) is 13.2. The molecule has 0 radical (unpaired) electrons. The summed E-state index contributed by atoms with van der Waals surface area (Å²) in [6.45, 7) is 5.78. The predicted octanol–water partition coefficient (Wildman–Crippen LogP) is 2.41. The average Bonchev–Trinajstić information content (AvgIpc) is 3.10. The summed E-state index contributed by atoms with van der Waals surface area (Å²) in [5.41, 5.74) is 1.22. The minimum absolute atomic E-state index is 0.0512. The highest BCUT2D eigenvalue weighted by molar-refractivity contribution is 7.13. The van der Waals surface area contributed by atoms with E-state index in [2.05, 4.69) is 25.8 Å². The van der Waals surface area contributed by atoms with Crippen molar-refractivity contribution in [3.63, 3.8) is 0 Å². The first-order valence-electron chi connectivity index (χ1n) is 8.23. The first-order valence-corrected chi connectivity index (χ1v) is 9.11. The van der Waals surface area contributed by atoms with E-state index in [1.807, 2.05) is 30.0 Å². The molecule has 1 atom stereocenters. The second-order valence-electron chi connectivity index (χ2n) is 6.44. The minimum atomic E-state index is -0.0512. The van der Waals surface area contributed by atoms with Crippen LogP contribution in [0.2, 0.25) is 0 Å². The van der Waals surface area contributed by atoms with Crippen LogP contribution in [-0.4, -0.2) is 53.3 Å². The number of aromatic nitrogens is 2. The number of morpholine rings is 1. The molecule has 2 fully saturated rings. The largest absolute Gasteiger partial charge is 0.370 e. The summed E-state index contributed by atoms with van der Waals surface area (Å²) < 4.78 is 6.28. The topological polar surface area (TPSA) is 41.5 Å². The maximum atomic E-state index is 6.28. The van der Waals surface area contributed by atoms with Crippen molar-refractivity contribution in [2.45, 2.75) is 25.0 Å². The molecule has 23 heavy (non-hydrogen) atoms. The van der Waals surface area contributed by atoms with Crippen LogP contribution in [0.25, 0.3) is 0 Å². The van der Waals surface area contributed by atoms with Gasteiger partial charge in [0.2, 0.25) is 0 Å². The molecule has 0 amide bonds. The van der Waals surface area contributed by atoms with E-state index in [1.165, 1.54) is 12.0 Å². The smallest absolute Gasteiger partial charge is 0.185 e. The molecule has 2 saturated heterocycles. The molecule has 4 heterocycles. The second kappa shape index (κ2) is 6.55. The molecule has 0 aromatic carbocycles. The summed E-state index contributed by atoms with van der Waals surface area (Å²) in [6.07, 6.45) is 7.98. The van der Waals surface area contributed by atoms with Gasteiger partial charge < -0.3 is 9.64 Å². The first-order chi connectivity index (χ1) is 11.3. The van der Waals surface area contributed by atoms with Gasteiger partial charge in [-0.05, 0) is 24.5 Å². The molecule has 0 aliphatic carbocycles. The Morgan fingerprint density at radius 3 is 3.09 bits per heavy atom. The Balaban J connectivity index is 1.45. The standard InChI is InChI=1S/C17H22N4OS/c1-3-15(11-18-5-1)12-20-8-9-22-17(13-20)4-2-7-21(14-17)16-19-6-10-23-16/h1,3,5-6,10-11H,2,4,7-9,12-14H2. The van der Waals surface area contributed by atoms with Crippen LogP contribution in [0.3, 0.4) is 0 Å². The summed E-state index contributed by atoms with van der Waals surface area (Å²) >= 11 is 1.72. The number of pyridine rings is 1. The van der Waals surface area contributed by atoms with E-state index in [-0.39, 0.29) is 5.60 Å². The number of thiazole rings is 1. The van der Waals surface area contributed by atoms with Crippen LogP contribution in [0.5, 0.6) is 0 Å². The lowest BCUT2D eigenvalue weighted by Crippen LogP contribution is -2.59. The van der Waals surface area contributed by atoms with Crippen LogP contribution in [0, 0.1) is 0 Å². The lowest BCUT2D eigenvalue weighted by atomic mass is 9.91. The number of hydrogen-bond donors (Lipinski definition) is 0. The Bertz CT molecular complexity index is 617.